The Morgan fingerprint density at radius 1 is 0.656 bits per heavy atom. The van der Waals surface area contributed by atoms with Crippen molar-refractivity contribution in [1.82, 2.24) is 29.9 Å². The third kappa shape index (κ3) is 4.73. The average molecular weight is 467 g/mol. The summed E-state index contributed by atoms with van der Waals surface area (Å²) in [5.41, 5.74) is 12.9. The Hall–Kier alpha value is -3.04. The van der Waals surface area contributed by atoms with Crippen LogP contribution in [-0.4, -0.2) is 36.4 Å². The van der Waals surface area contributed by atoms with Gasteiger partial charge in [0.2, 0.25) is 10.6 Å². The summed E-state index contributed by atoms with van der Waals surface area (Å²) in [5.74, 6) is 1.25. The molecule has 0 amide bonds. The van der Waals surface area contributed by atoms with Crippen LogP contribution in [0.3, 0.4) is 0 Å². The predicted molar refractivity (Wildman–Crippen MR) is 124 cm³/mol. The number of benzene rings is 2. The van der Waals surface area contributed by atoms with E-state index in [0.29, 0.717) is 31.0 Å². The molecular formula is C22H20Cl2N8. The lowest BCUT2D eigenvalue weighted by Gasteiger charge is -2.27. The fraction of sp³-hybridized carbons (Fsp3) is 0.182. The molecule has 0 bridgehead atoms. The fourth-order valence-corrected chi connectivity index (χ4v) is 3.56. The lowest BCUT2D eigenvalue weighted by atomic mass is 9.92. The Bertz CT molecular complexity index is 1120. The van der Waals surface area contributed by atoms with Crippen LogP contribution in [0.5, 0.6) is 0 Å². The highest BCUT2D eigenvalue weighted by Crippen LogP contribution is 2.30. The smallest absolute Gasteiger partial charge is 0.226 e. The molecule has 0 aliphatic carbocycles. The molecule has 10 heteroatoms. The van der Waals surface area contributed by atoms with E-state index in [1.807, 2.05) is 60.7 Å². The number of aromatic nitrogens is 6. The van der Waals surface area contributed by atoms with Crippen molar-refractivity contribution in [2.45, 2.75) is 18.4 Å². The lowest BCUT2D eigenvalue weighted by molar-refractivity contribution is 0.422. The van der Waals surface area contributed by atoms with Crippen molar-refractivity contribution in [3.8, 4) is 22.8 Å². The highest BCUT2D eigenvalue weighted by molar-refractivity contribution is 6.28. The van der Waals surface area contributed by atoms with Gasteiger partial charge in [-0.25, -0.2) is 19.9 Å². The first-order chi connectivity index (χ1) is 15.5. The van der Waals surface area contributed by atoms with Crippen LogP contribution in [0, 0.1) is 0 Å². The predicted octanol–water partition coefficient (Wildman–Crippen LogP) is 3.64. The van der Waals surface area contributed by atoms with Gasteiger partial charge < -0.3 is 11.5 Å². The summed E-state index contributed by atoms with van der Waals surface area (Å²) in [4.78, 5) is 26.4. The third-order valence-corrected chi connectivity index (χ3v) is 5.19. The first-order valence-corrected chi connectivity index (χ1v) is 10.7. The molecule has 4 aromatic rings. The van der Waals surface area contributed by atoms with Crippen molar-refractivity contribution in [1.29, 1.82) is 0 Å². The molecule has 0 atom stereocenters. The van der Waals surface area contributed by atoms with Gasteiger partial charge in [-0.05, 0) is 42.6 Å². The van der Waals surface area contributed by atoms with Crippen molar-refractivity contribution in [3.63, 3.8) is 0 Å². The van der Waals surface area contributed by atoms with Crippen LogP contribution >= 0.6 is 23.2 Å². The minimum Gasteiger partial charge on any atom is -0.330 e. The Kier molecular flexibility index (Phi) is 6.66. The molecule has 4 N–H and O–H groups in total. The molecule has 0 radical (unpaired) electrons. The van der Waals surface area contributed by atoms with Crippen LogP contribution in [-0.2, 0) is 5.54 Å². The zero-order valence-corrected chi connectivity index (χ0v) is 18.5. The van der Waals surface area contributed by atoms with E-state index in [2.05, 4.69) is 29.9 Å². The maximum absolute atomic E-state index is 6.88. The number of nitrogens with two attached hydrogens (primary N) is 2. The monoisotopic (exact) mass is 466 g/mol. The van der Waals surface area contributed by atoms with Gasteiger partial charge >= 0.3 is 0 Å². The second-order valence-corrected chi connectivity index (χ2v) is 7.78. The van der Waals surface area contributed by atoms with E-state index >= 15 is 0 Å². The molecule has 0 aliphatic rings. The first kappa shape index (κ1) is 22.2. The van der Waals surface area contributed by atoms with E-state index in [9.17, 15) is 0 Å². The molecule has 8 nitrogen and oxygen atoms in total. The molecule has 0 aliphatic heterocycles. The summed E-state index contributed by atoms with van der Waals surface area (Å²) < 4.78 is 0. The quantitative estimate of drug-likeness (QED) is 0.422. The van der Waals surface area contributed by atoms with Gasteiger partial charge in [0, 0.05) is 11.1 Å². The SMILES string of the molecule is NCCCC(N)(c1nc(Cl)nc(-c2ccccc2)n1)c1nc(Cl)nc(-c2ccccc2)n1. The van der Waals surface area contributed by atoms with E-state index in [1.54, 1.807) is 0 Å². The van der Waals surface area contributed by atoms with Crippen LogP contribution in [0.4, 0.5) is 0 Å². The first-order valence-electron chi connectivity index (χ1n) is 9.93. The molecule has 0 saturated heterocycles. The summed E-state index contributed by atoms with van der Waals surface area (Å²) in [7, 11) is 0. The van der Waals surface area contributed by atoms with Crippen LogP contribution in [0.15, 0.2) is 60.7 Å². The van der Waals surface area contributed by atoms with Crippen molar-refractivity contribution < 1.29 is 0 Å². The number of halogens is 2. The molecule has 4 rings (SSSR count). The van der Waals surface area contributed by atoms with Crippen molar-refractivity contribution in [2.24, 2.45) is 11.5 Å². The van der Waals surface area contributed by atoms with E-state index in [-0.39, 0.29) is 22.2 Å². The van der Waals surface area contributed by atoms with Crippen molar-refractivity contribution in [2.75, 3.05) is 6.54 Å². The molecule has 2 heterocycles. The fourth-order valence-electron chi connectivity index (χ4n) is 3.24. The average Bonchev–Trinajstić information content (AvgIpc) is 2.83. The molecule has 2 aromatic heterocycles. The van der Waals surface area contributed by atoms with E-state index in [4.69, 9.17) is 34.7 Å². The Morgan fingerprint density at radius 2 is 1.09 bits per heavy atom. The van der Waals surface area contributed by atoms with Crippen LogP contribution in [0.2, 0.25) is 10.6 Å². The summed E-state index contributed by atoms with van der Waals surface area (Å²) >= 11 is 12.5. The van der Waals surface area contributed by atoms with Gasteiger partial charge in [-0.2, -0.15) is 9.97 Å². The third-order valence-electron chi connectivity index (χ3n) is 4.85. The maximum Gasteiger partial charge on any atom is 0.226 e. The molecule has 2 aromatic carbocycles. The highest BCUT2D eigenvalue weighted by atomic mass is 35.5. The van der Waals surface area contributed by atoms with E-state index in [1.165, 1.54) is 0 Å². The minimum atomic E-state index is -1.31. The molecule has 0 unspecified atom stereocenters. The maximum atomic E-state index is 6.88. The molecule has 0 saturated carbocycles. The largest absolute Gasteiger partial charge is 0.330 e. The van der Waals surface area contributed by atoms with Gasteiger partial charge in [-0.1, -0.05) is 60.7 Å². The Balaban J connectivity index is 1.87. The van der Waals surface area contributed by atoms with Crippen molar-refractivity contribution in [3.05, 3.63) is 82.9 Å². The van der Waals surface area contributed by atoms with Gasteiger partial charge in [0.15, 0.2) is 23.3 Å². The standard InChI is InChI=1S/C22H20Cl2N8/c23-20-29-16(14-8-3-1-4-9-14)27-18(31-20)22(26,12-7-13-25)19-28-17(30-21(24)32-19)15-10-5-2-6-11-15/h1-6,8-11H,7,12-13,25-26H2. The van der Waals surface area contributed by atoms with Crippen LogP contribution in [0.25, 0.3) is 22.8 Å². The summed E-state index contributed by atoms with van der Waals surface area (Å²) in [6.45, 7) is 0.410. The summed E-state index contributed by atoms with van der Waals surface area (Å²) in [6, 6.07) is 18.8. The molecule has 0 spiro atoms. The van der Waals surface area contributed by atoms with Gasteiger partial charge in [0.1, 0.15) is 5.54 Å². The van der Waals surface area contributed by atoms with E-state index in [0.717, 1.165) is 11.1 Å². The Labute approximate surface area is 195 Å². The van der Waals surface area contributed by atoms with Crippen molar-refractivity contribution >= 4 is 23.2 Å². The second-order valence-electron chi connectivity index (χ2n) is 7.10. The summed E-state index contributed by atoms with van der Waals surface area (Å²) in [5, 5.41) is 0.0275. The number of hydrogen-bond donors (Lipinski definition) is 2. The second kappa shape index (κ2) is 9.62. The Morgan fingerprint density at radius 3 is 1.50 bits per heavy atom. The van der Waals surface area contributed by atoms with Gasteiger partial charge in [0.25, 0.3) is 0 Å². The van der Waals surface area contributed by atoms with Crippen LogP contribution in [0.1, 0.15) is 24.5 Å². The molecule has 0 fully saturated rings. The zero-order valence-electron chi connectivity index (χ0n) is 17.0. The normalized spacial score (nSPS) is 11.5. The van der Waals surface area contributed by atoms with Gasteiger partial charge in [-0.3, -0.25) is 0 Å². The minimum absolute atomic E-state index is 0.0138. The highest BCUT2D eigenvalue weighted by Gasteiger charge is 2.37. The van der Waals surface area contributed by atoms with E-state index < -0.39 is 5.54 Å². The summed E-state index contributed by atoms with van der Waals surface area (Å²) in [6.07, 6.45) is 0.942. The number of nitrogens with zero attached hydrogens (tertiary/aromatic N) is 6. The number of rotatable bonds is 7. The lowest BCUT2D eigenvalue weighted by Crippen LogP contribution is -2.42. The van der Waals surface area contributed by atoms with Crippen LogP contribution < -0.4 is 11.5 Å². The number of hydrogen-bond acceptors (Lipinski definition) is 8. The van der Waals surface area contributed by atoms with Gasteiger partial charge in [0.05, 0.1) is 0 Å². The molecule has 32 heavy (non-hydrogen) atoms. The topological polar surface area (TPSA) is 129 Å². The molecule has 162 valence electrons. The van der Waals surface area contributed by atoms with Gasteiger partial charge in [-0.15, -0.1) is 0 Å². The zero-order chi connectivity index (χ0) is 22.6. The molecular weight excluding hydrogens is 447 g/mol.